The number of anilines is 1. The van der Waals surface area contributed by atoms with Gasteiger partial charge in [0.2, 0.25) is 0 Å². The molecule has 2 atom stereocenters. The predicted octanol–water partition coefficient (Wildman–Crippen LogP) is 3.02. The number of likely N-dealkylation sites (tertiary alicyclic amines) is 1. The lowest BCUT2D eigenvalue weighted by Gasteiger charge is -2.34. The number of rotatable bonds is 4. The van der Waals surface area contributed by atoms with Gasteiger partial charge in [-0.25, -0.2) is 9.48 Å². The summed E-state index contributed by atoms with van der Waals surface area (Å²) in [6.07, 6.45) is -4.25. The van der Waals surface area contributed by atoms with E-state index in [2.05, 4.69) is 10.4 Å². The molecule has 0 radical (unpaired) electrons. The molecule has 2 unspecified atom stereocenters. The van der Waals surface area contributed by atoms with E-state index in [0.29, 0.717) is 5.82 Å². The van der Waals surface area contributed by atoms with E-state index in [9.17, 15) is 23.1 Å². The zero-order valence-electron chi connectivity index (χ0n) is 13.8. The van der Waals surface area contributed by atoms with Crippen LogP contribution in [0.4, 0.5) is 23.8 Å². The zero-order chi connectivity index (χ0) is 17.9. The number of nitrogens with one attached hydrogen (secondary N) is 1. The third-order valence-corrected chi connectivity index (χ3v) is 4.52. The average molecular weight is 348 g/mol. The number of halogens is 3. The third kappa shape index (κ3) is 4.19. The molecule has 1 aliphatic rings. The number of hydrogen-bond donors (Lipinski definition) is 2. The molecular weight excluding hydrogens is 325 g/mol. The molecule has 1 aromatic rings. The smallest absolute Gasteiger partial charge is 0.383 e. The van der Waals surface area contributed by atoms with Crippen molar-refractivity contribution in [2.75, 3.05) is 18.4 Å². The fourth-order valence-electron chi connectivity index (χ4n) is 2.81. The molecule has 1 aliphatic heterocycles. The minimum atomic E-state index is -4.61. The lowest BCUT2D eigenvalue weighted by atomic mass is 9.91. The second kappa shape index (κ2) is 7.42. The van der Waals surface area contributed by atoms with Crippen LogP contribution in [0.1, 0.15) is 39.2 Å². The van der Waals surface area contributed by atoms with Crippen LogP contribution in [-0.4, -0.2) is 51.2 Å². The molecule has 2 heterocycles. The first-order valence-corrected chi connectivity index (χ1v) is 8.08. The summed E-state index contributed by atoms with van der Waals surface area (Å²) in [5, 5.41) is 16.2. The number of aliphatic hydroxyl groups is 1. The molecule has 136 valence electrons. The third-order valence-electron chi connectivity index (χ3n) is 4.52. The highest BCUT2D eigenvalue weighted by atomic mass is 19.4. The largest absolute Gasteiger partial charge is 0.414 e. The molecule has 6 nitrogen and oxygen atoms in total. The number of aliphatic hydroxyl groups excluding tert-OH is 1. The van der Waals surface area contributed by atoms with Crippen molar-refractivity contribution in [3.8, 4) is 0 Å². The molecule has 2 amide bonds. The standard InChI is InChI=1S/C15H23F3N4O2/c1-3-10(2)22-12(4-7-19-22)20-14(24)21-8-5-11(6-9-21)13(23)15(16,17)18/h4,7,10-11,13,23H,3,5-6,8-9H2,1-2H3,(H,20,24). The highest BCUT2D eigenvalue weighted by Gasteiger charge is 2.44. The van der Waals surface area contributed by atoms with Gasteiger partial charge >= 0.3 is 12.2 Å². The fourth-order valence-corrected chi connectivity index (χ4v) is 2.81. The van der Waals surface area contributed by atoms with Crippen molar-refractivity contribution in [1.82, 2.24) is 14.7 Å². The van der Waals surface area contributed by atoms with E-state index in [1.807, 2.05) is 13.8 Å². The maximum Gasteiger partial charge on any atom is 0.414 e. The van der Waals surface area contributed by atoms with Crippen LogP contribution < -0.4 is 5.32 Å². The number of alkyl halides is 3. The van der Waals surface area contributed by atoms with Crippen LogP contribution >= 0.6 is 0 Å². The minimum absolute atomic E-state index is 0.124. The molecule has 0 bridgehead atoms. The first kappa shape index (κ1) is 18.6. The van der Waals surface area contributed by atoms with Gasteiger partial charge in [0.05, 0.1) is 12.2 Å². The second-order valence-electron chi connectivity index (χ2n) is 6.16. The molecule has 1 fully saturated rings. The van der Waals surface area contributed by atoms with Gasteiger partial charge in [0.15, 0.2) is 6.10 Å². The van der Waals surface area contributed by atoms with Crippen LogP contribution in [-0.2, 0) is 0 Å². The SMILES string of the molecule is CCC(C)n1nccc1NC(=O)N1CCC(C(O)C(F)(F)F)CC1. The van der Waals surface area contributed by atoms with E-state index < -0.39 is 18.2 Å². The number of piperidine rings is 1. The number of urea groups is 1. The van der Waals surface area contributed by atoms with Crippen molar-refractivity contribution >= 4 is 11.8 Å². The number of aromatic nitrogens is 2. The Morgan fingerprint density at radius 2 is 2.08 bits per heavy atom. The molecule has 24 heavy (non-hydrogen) atoms. The Morgan fingerprint density at radius 1 is 1.46 bits per heavy atom. The number of carbonyl (C=O) groups is 1. The quantitative estimate of drug-likeness (QED) is 0.879. The second-order valence-corrected chi connectivity index (χ2v) is 6.16. The summed E-state index contributed by atoms with van der Waals surface area (Å²) in [7, 11) is 0. The van der Waals surface area contributed by atoms with Gasteiger partial charge in [-0.05, 0) is 32.1 Å². The van der Waals surface area contributed by atoms with Gasteiger partial charge in [-0.1, -0.05) is 6.92 Å². The van der Waals surface area contributed by atoms with Gasteiger partial charge in [-0.15, -0.1) is 0 Å². The summed E-state index contributed by atoms with van der Waals surface area (Å²) >= 11 is 0. The molecule has 0 saturated carbocycles. The normalized spacial score (nSPS) is 19.2. The topological polar surface area (TPSA) is 70.4 Å². The molecule has 1 aromatic heterocycles. The summed E-state index contributed by atoms with van der Waals surface area (Å²) < 4.78 is 39.3. The summed E-state index contributed by atoms with van der Waals surface area (Å²) in [6.45, 7) is 4.35. The lowest BCUT2D eigenvalue weighted by molar-refractivity contribution is -0.222. The van der Waals surface area contributed by atoms with Gasteiger partial charge in [0.1, 0.15) is 5.82 Å². The number of hydrogen-bond acceptors (Lipinski definition) is 3. The van der Waals surface area contributed by atoms with Crippen molar-refractivity contribution < 1.29 is 23.1 Å². The molecular formula is C15H23F3N4O2. The van der Waals surface area contributed by atoms with E-state index >= 15 is 0 Å². The molecule has 0 aromatic carbocycles. The van der Waals surface area contributed by atoms with E-state index in [1.54, 1.807) is 16.9 Å². The maximum absolute atomic E-state index is 12.5. The Morgan fingerprint density at radius 3 is 2.62 bits per heavy atom. The number of nitrogens with zero attached hydrogens (tertiary/aromatic N) is 3. The Kier molecular flexibility index (Phi) is 5.74. The minimum Gasteiger partial charge on any atom is -0.383 e. The summed E-state index contributed by atoms with van der Waals surface area (Å²) in [4.78, 5) is 13.8. The van der Waals surface area contributed by atoms with Gasteiger partial charge in [-0.2, -0.15) is 18.3 Å². The molecule has 1 saturated heterocycles. The fraction of sp³-hybridized carbons (Fsp3) is 0.733. The first-order valence-electron chi connectivity index (χ1n) is 8.08. The monoisotopic (exact) mass is 348 g/mol. The van der Waals surface area contributed by atoms with Gasteiger partial charge in [0.25, 0.3) is 0 Å². The van der Waals surface area contributed by atoms with Crippen molar-refractivity contribution in [2.24, 2.45) is 5.92 Å². The van der Waals surface area contributed by atoms with Crippen molar-refractivity contribution in [3.63, 3.8) is 0 Å². The summed E-state index contributed by atoms with van der Waals surface area (Å²) in [5.74, 6) is -0.300. The van der Waals surface area contributed by atoms with E-state index in [-0.39, 0.29) is 38.0 Å². The van der Waals surface area contributed by atoms with Crippen LogP contribution in [0.3, 0.4) is 0 Å². The Balaban J connectivity index is 1.91. The molecule has 2 N–H and O–H groups in total. The van der Waals surface area contributed by atoms with Crippen molar-refractivity contribution in [2.45, 2.75) is 51.4 Å². The summed E-state index contributed by atoms with van der Waals surface area (Å²) in [6, 6.07) is 1.45. The van der Waals surface area contributed by atoms with Crippen LogP contribution in [0.15, 0.2) is 12.3 Å². The Labute approximate surface area is 138 Å². The molecule has 2 rings (SSSR count). The van der Waals surface area contributed by atoms with Crippen LogP contribution in [0.25, 0.3) is 0 Å². The Hall–Kier alpha value is -1.77. The lowest BCUT2D eigenvalue weighted by Crippen LogP contribution is -2.46. The van der Waals surface area contributed by atoms with Crippen molar-refractivity contribution in [3.05, 3.63) is 12.3 Å². The summed E-state index contributed by atoms with van der Waals surface area (Å²) in [5.41, 5.74) is 0. The first-order chi connectivity index (χ1) is 11.2. The maximum atomic E-state index is 12.5. The molecule has 0 spiro atoms. The van der Waals surface area contributed by atoms with Crippen LogP contribution in [0.2, 0.25) is 0 Å². The number of carbonyl (C=O) groups excluding carboxylic acids is 1. The predicted molar refractivity (Wildman–Crippen MR) is 82.6 cm³/mol. The van der Waals surface area contributed by atoms with Gasteiger partial charge in [0, 0.05) is 19.2 Å². The van der Waals surface area contributed by atoms with Crippen LogP contribution in [0, 0.1) is 5.92 Å². The Bertz CT molecular complexity index is 553. The molecule has 0 aliphatic carbocycles. The van der Waals surface area contributed by atoms with E-state index in [4.69, 9.17) is 0 Å². The average Bonchev–Trinajstić information content (AvgIpc) is 3.00. The highest BCUT2D eigenvalue weighted by Crippen LogP contribution is 2.31. The van der Waals surface area contributed by atoms with E-state index in [0.717, 1.165) is 6.42 Å². The van der Waals surface area contributed by atoms with E-state index in [1.165, 1.54) is 4.90 Å². The highest BCUT2D eigenvalue weighted by molar-refractivity contribution is 5.88. The molecule has 9 heteroatoms. The van der Waals surface area contributed by atoms with Crippen molar-refractivity contribution in [1.29, 1.82) is 0 Å². The van der Waals surface area contributed by atoms with Crippen LogP contribution in [0.5, 0.6) is 0 Å². The van der Waals surface area contributed by atoms with Gasteiger partial charge in [-0.3, -0.25) is 5.32 Å². The zero-order valence-corrected chi connectivity index (χ0v) is 13.8. The van der Waals surface area contributed by atoms with Gasteiger partial charge < -0.3 is 10.0 Å². The number of amides is 2.